The van der Waals surface area contributed by atoms with E-state index in [1.54, 1.807) is 0 Å². The largest absolute Gasteiger partial charge is 0.381 e. The maximum Gasteiger partial charge on any atom is 0.0468 e. The molecule has 2 heteroatoms. The van der Waals surface area contributed by atoms with Crippen LogP contribution in [0.5, 0.6) is 0 Å². The van der Waals surface area contributed by atoms with Gasteiger partial charge < -0.3 is 10.1 Å². The molecule has 0 fully saturated rings. The smallest absolute Gasteiger partial charge is 0.0468 e. The van der Waals surface area contributed by atoms with Crippen molar-refractivity contribution in [3.8, 4) is 0 Å². The normalized spacial score (nSPS) is 11.1. The Hall–Kier alpha value is -0.0800. The molecule has 0 aliphatic carbocycles. The van der Waals surface area contributed by atoms with Gasteiger partial charge in [-0.25, -0.2) is 0 Å². The van der Waals surface area contributed by atoms with Crippen molar-refractivity contribution in [1.29, 1.82) is 0 Å². The molecule has 2 nitrogen and oxygen atoms in total. The Morgan fingerprint density at radius 3 is 2.46 bits per heavy atom. The molecule has 0 aromatic rings. The van der Waals surface area contributed by atoms with E-state index in [-0.39, 0.29) is 0 Å². The lowest BCUT2D eigenvalue weighted by molar-refractivity contribution is 0.120. The molecule has 0 heterocycles. The summed E-state index contributed by atoms with van der Waals surface area (Å²) in [5.41, 5.74) is 0. The van der Waals surface area contributed by atoms with E-state index in [4.69, 9.17) is 4.74 Å². The minimum atomic E-state index is 0.768. The molecule has 0 aromatic carbocycles. The molecular formula is C11H25NO. The molecule has 0 rings (SSSR count). The van der Waals surface area contributed by atoms with Crippen molar-refractivity contribution >= 4 is 0 Å². The summed E-state index contributed by atoms with van der Waals surface area (Å²) in [7, 11) is 2.00. The zero-order valence-electron chi connectivity index (χ0n) is 9.44. The molecule has 0 aliphatic rings. The van der Waals surface area contributed by atoms with Crippen molar-refractivity contribution < 1.29 is 4.74 Å². The minimum absolute atomic E-state index is 0.768. The summed E-state index contributed by atoms with van der Waals surface area (Å²) in [5, 5.41) is 3.14. The summed E-state index contributed by atoms with van der Waals surface area (Å²) in [6.07, 6.45) is 4.95. The standard InChI is InChI=1S/C11H25NO/c1-11(2)7-10-13-9-6-4-5-8-12-3/h11-12H,4-10H2,1-3H3. The highest BCUT2D eigenvalue weighted by Crippen LogP contribution is 2.00. The first-order valence-electron chi connectivity index (χ1n) is 5.49. The van der Waals surface area contributed by atoms with Gasteiger partial charge in [-0.15, -0.1) is 0 Å². The summed E-state index contributed by atoms with van der Waals surface area (Å²) >= 11 is 0. The van der Waals surface area contributed by atoms with Crippen LogP contribution in [-0.4, -0.2) is 26.8 Å². The summed E-state index contributed by atoms with van der Waals surface area (Å²) in [4.78, 5) is 0. The Balaban J connectivity index is 2.84. The summed E-state index contributed by atoms with van der Waals surface area (Å²) in [5.74, 6) is 0.768. The Bertz CT molecular complexity index is 94.1. The van der Waals surface area contributed by atoms with Crippen molar-refractivity contribution in [2.75, 3.05) is 26.8 Å². The van der Waals surface area contributed by atoms with Crippen molar-refractivity contribution in [3.05, 3.63) is 0 Å². The molecule has 0 amide bonds. The molecule has 80 valence electrons. The van der Waals surface area contributed by atoms with Crippen LogP contribution in [0.2, 0.25) is 0 Å². The number of ether oxygens (including phenoxy) is 1. The third-order valence-corrected chi connectivity index (χ3v) is 2.05. The Morgan fingerprint density at radius 1 is 1.08 bits per heavy atom. The highest BCUT2D eigenvalue weighted by atomic mass is 16.5. The van der Waals surface area contributed by atoms with Crippen LogP contribution < -0.4 is 5.32 Å². The van der Waals surface area contributed by atoms with E-state index < -0.39 is 0 Å². The van der Waals surface area contributed by atoms with E-state index in [1.165, 1.54) is 25.7 Å². The quantitative estimate of drug-likeness (QED) is 0.560. The lowest BCUT2D eigenvalue weighted by atomic mass is 10.1. The number of unbranched alkanes of at least 4 members (excludes halogenated alkanes) is 2. The van der Waals surface area contributed by atoms with Gasteiger partial charge in [-0.2, -0.15) is 0 Å². The third-order valence-electron chi connectivity index (χ3n) is 2.05. The predicted octanol–water partition coefficient (Wildman–Crippen LogP) is 2.44. The van der Waals surface area contributed by atoms with E-state index in [0.717, 1.165) is 25.7 Å². The molecule has 13 heavy (non-hydrogen) atoms. The maximum atomic E-state index is 5.50. The molecule has 0 atom stereocenters. The monoisotopic (exact) mass is 187 g/mol. The maximum absolute atomic E-state index is 5.50. The first-order chi connectivity index (χ1) is 6.27. The van der Waals surface area contributed by atoms with Crippen molar-refractivity contribution in [2.45, 2.75) is 39.5 Å². The zero-order valence-corrected chi connectivity index (χ0v) is 9.44. The van der Waals surface area contributed by atoms with E-state index in [9.17, 15) is 0 Å². The average Bonchev–Trinajstić information content (AvgIpc) is 2.09. The fourth-order valence-corrected chi connectivity index (χ4v) is 1.10. The SMILES string of the molecule is CNCCCCCOCCC(C)C. The van der Waals surface area contributed by atoms with Crippen LogP contribution in [0.4, 0.5) is 0 Å². The Labute approximate surface area is 83.1 Å². The molecule has 0 bridgehead atoms. The second-order valence-corrected chi connectivity index (χ2v) is 3.96. The minimum Gasteiger partial charge on any atom is -0.381 e. The second-order valence-electron chi connectivity index (χ2n) is 3.96. The number of hydrogen-bond acceptors (Lipinski definition) is 2. The van der Waals surface area contributed by atoms with Crippen molar-refractivity contribution in [3.63, 3.8) is 0 Å². The molecule has 0 aliphatic heterocycles. The first kappa shape index (κ1) is 12.9. The molecule has 1 N–H and O–H groups in total. The van der Waals surface area contributed by atoms with Crippen LogP contribution in [0, 0.1) is 5.92 Å². The van der Waals surface area contributed by atoms with Gasteiger partial charge in [0.25, 0.3) is 0 Å². The average molecular weight is 187 g/mol. The fraction of sp³-hybridized carbons (Fsp3) is 1.00. The van der Waals surface area contributed by atoms with Gasteiger partial charge in [-0.05, 0) is 45.2 Å². The summed E-state index contributed by atoms with van der Waals surface area (Å²) < 4.78 is 5.50. The van der Waals surface area contributed by atoms with Crippen LogP contribution in [0.15, 0.2) is 0 Å². The molecule has 0 radical (unpaired) electrons. The van der Waals surface area contributed by atoms with Crippen LogP contribution in [0.25, 0.3) is 0 Å². The van der Waals surface area contributed by atoms with Crippen molar-refractivity contribution in [1.82, 2.24) is 5.32 Å². The van der Waals surface area contributed by atoms with E-state index in [0.29, 0.717) is 0 Å². The topological polar surface area (TPSA) is 21.3 Å². The van der Waals surface area contributed by atoms with Gasteiger partial charge in [0.05, 0.1) is 0 Å². The zero-order chi connectivity index (χ0) is 9.94. The van der Waals surface area contributed by atoms with E-state index >= 15 is 0 Å². The van der Waals surface area contributed by atoms with Gasteiger partial charge in [0.2, 0.25) is 0 Å². The van der Waals surface area contributed by atoms with Crippen LogP contribution in [-0.2, 0) is 4.74 Å². The molecule has 0 saturated heterocycles. The van der Waals surface area contributed by atoms with Gasteiger partial charge in [0.15, 0.2) is 0 Å². The van der Waals surface area contributed by atoms with Gasteiger partial charge in [-0.1, -0.05) is 13.8 Å². The number of rotatable bonds is 9. The first-order valence-corrected chi connectivity index (χ1v) is 5.49. The van der Waals surface area contributed by atoms with Gasteiger partial charge in [-0.3, -0.25) is 0 Å². The van der Waals surface area contributed by atoms with Gasteiger partial charge in [0.1, 0.15) is 0 Å². The van der Waals surface area contributed by atoms with E-state index in [1.807, 2.05) is 7.05 Å². The van der Waals surface area contributed by atoms with Crippen molar-refractivity contribution in [2.24, 2.45) is 5.92 Å². The fourth-order valence-electron chi connectivity index (χ4n) is 1.10. The van der Waals surface area contributed by atoms with Crippen LogP contribution >= 0.6 is 0 Å². The van der Waals surface area contributed by atoms with Crippen LogP contribution in [0.3, 0.4) is 0 Å². The van der Waals surface area contributed by atoms with E-state index in [2.05, 4.69) is 19.2 Å². The lowest BCUT2D eigenvalue weighted by Crippen LogP contribution is -2.07. The summed E-state index contributed by atoms with van der Waals surface area (Å²) in [6.45, 7) is 7.47. The summed E-state index contributed by atoms with van der Waals surface area (Å²) in [6, 6.07) is 0. The second kappa shape index (κ2) is 10.0. The molecule has 0 aromatic heterocycles. The molecular weight excluding hydrogens is 162 g/mol. The molecule has 0 spiro atoms. The Morgan fingerprint density at radius 2 is 1.85 bits per heavy atom. The lowest BCUT2D eigenvalue weighted by Gasteiger charge is -2.06. The predicted molar refractivity (Wildman–Crippen MR) is 58.1 cm³/mol. The number of hydrogen-bond donors (Lipinski definition) is 1. The third kappa shape index (κ3) is 11.9. The molecule has 0 saturated carbocycles. The highest BCUT2D eigenvalue weighted by Gasteiger charge is 1.93. The molecule has 0 unspecified atom stereocenters. The number of nitrogens with one attached hydrogen (secondary N) is 1. The van der Waals surface area contributed by atoms with Crippen LogP contribution in [0.1, 0.15) is 39.5 Å². The van der Waals surface area contributed by atoms with Gasteiger partial charge in [0, 0.05) is 13.2 Å². The highest BCUT2D eigenvalue weighted by molar-refractivity contribution is 4.45. The Kier molecular flexibility index (Phi) is 9.94. The van der Waals surface area contributed by atoms with Gasteiger partial charge >= 0.3 is 0 Å².